The van der Waals surface area contributed by atoms with Crippen molar-refractivity contribution >= 4 is 16.0 Å². The lowest BCUT2D eigenvalue weighted by Gasteiger charge is -2.11. The van der Waals surface area contributed by atoms with E-state index in [2.05, 4.69) is 0 Å². The number of rotatable bonds is 7. The van der Waals surface area contributed by atoms with E-state index < -0.39 is 35.1 Å². The predicted octanol–water partition coefficient (Wildman–Crippen LogP) is 0.218. The molecule has 1 atom stereocenters. The molecule has 1 aromatic carbocycles. The van der Waals surface area contributed by atoms with Gasteiger partial charge >= 0.3 is 5.97 Å². The first-order chi connectivity index (χ1) is 9.22. The normalized spacial score (nSPS) is 13.4. The summed E-state index contributed by atoms with van der Waals surface area (Å²) >= 11 is 0. The lowest BCUT2D eigenvalue weighted by molar-refractivity contribution is -0.136. The first-order valence-corrected chi connectivity index (χ1v) is 6.97. The van der Waals surface area contributed by atoms with Crippen molar-refractivity contribution in [1.82, 2.24) is 4.72 Å². The Morgan fingerprint density at radius 3 is 2.25 bits per heavy atom. The molecule has 0 aliphatic rings. The number of alkyl halides is 2. The lowest BCUT2D eigenvalue weighted by Crippen LogP contribution is -2.35. The Bertz CT molecular complexity index is 559. The Morgan fingerprint density at radius 2 is 1.80 bits per heavy atom. The molecule has 1 aromatic rings. The summed E-state index contributed by atoms with van der Waals surface area (Å²) in [5.41, 5.74) is 0.407. The number of aliphatic hydroxyl groups is 1. The van der Waals surface area contributed by atoms with Crippen molar-refractivity contribution in [3.05, 3.63) is 29.8 Å². The molecule has 0 aliphatic carbocycles. The molecular formula is C11H13F2NO5S. The van der Waals surface area contributed by atoms with Crippen LogP contribution < -0.4 is 4.72 Å². The maximum absolute atomic E-state index is 12.0. The second kappa shape index (κ2) is 6.73. The van der Waals surface area contributed by atoms with Gasteiger partial charge in [0.25, 0.3) is 6.43 Å². The van der Waals surface area contributed by atoms with Crippen molar-refractivity contribution in [2.24, 2.45) is 0 Å². The van der Waals surface area contributed by atoms with E-state index in [9.17, 15) is 22.0 Å². The Morgan fingerprint density at radius 1 is 1.25 bits per heavy atom. The Kier molecular flexibility index (Phi) is 5.54. The van der Waals surface area contributed by atoms with E-state index in [-0.39, 0.29) is 11.3 Å². The topological polar surface area (TPSA) is 104 Å². The van der Waals surface area contributed by atoms with Gasteiger partial charge in [0.2, 0.25) is 10.0 Å². The fourth-order valence-corrected chi connectivity index (χ4v) is 2.38. The third-order valence-electron chi connectivity index (χ3n) is 2.36. The van der Waals surface area contributed by atoms with Gasteiger partial charge in [0.1, 0.15) is 6.10 Å². The summed E-state index contributed by atoms with van der Waals surface area (Å²) < 4.78 is 49.3. The van der Waals surface area contributed by atoms with Crippen LogP contribution in [0.4, 0.5) is 8.78 Å². The zero-order valence-electron chi connectivity index (χ0n) is 10.2. The molecule has 0 saturated carbocycles. The molecule has 0 spiro atoms. The summed E-state index contributed by atoms with van der Waals surface area (Å²) in [5.74, 6) is -1.06. The first kappa shape index (κ1) is 16.5. The van der Waals surface area contributed by atoms with Crippen molar-refractivity contribution in [2.75, 3.05) is 6.54 Å². The number of carboxylic acid groups (broad SMARTS) is 1. The summed E-state index contributed by atoms with van der Waals surface area (Å²) in [6, 6.07) is 4.95. The predicted molar refractivity (Wildman–Crippen MR) is 65.0 cm³/mol. The van der Waals surface area contributed by atoms with Crippen molar-refractivity contribution in [3.63, 3.8) is 0 Å². The van der Waals surface area contributed by atoms with Crippen LogP contribution in [0.15, 0.2) is 29.2 Å². The first-order valence-electron chi connectivity index (χ1n) is 5.49. The SMILES string of the molecule is O=C(O)Cc1ccc(S(=O)(=O)NCC(O)C(F)F)cc1. The molecule has 0 aliphatic heterocycles. The number of benzene rings is 1. The zero-order valence-corrected chi connectivity index (χ0v) is 11.0. The van der Waals surface area contributed by atoms with E-state index in [0.29, 0.717) is 5.56 Å². The number of hydrogen-bond acceptors (Lipinski definition) is 4. The molecule has 6 nitrogen and oxygen atoms in total. The maximum atomic E-state index is 12.0. The van der Waals surface area contributed by atoms with E-state index in [4.69, 9.17) is 10.2 Å². The van der Waals surface area contributed by atoms with Crippen molar-refractivity contribution in [3.8, 4) is 0 Å². The highest BCUT2D eigenvalue weighted by Gasteiger charge is 2.21. The van der Waals surface area contributed by atoms with Gasteiger partial charge in [-0.15, -0.1) is 0 Å². The summed E-state index contributed by atoms with van der Waals surface area (Å²) in [6.07, 6.45) is -5.38. The van der Waals surface area contributed by atoms with Gasteiger partial charge in [0.05, 0.1) is 11.3 Å². The molecule has 0 bridgehead atoms. The summed E-state index contributed by atoms with van der Waals surface area (Å²) in [4.78, 5) is 10.3. The number of carbonyl (C=O) groups is 1. The van der Waals surface area contributed by atoms with Gasteiger partial charge < -0.3 is 10.2 Å². The average Bonchev–Trinajstić information content (AvgIpc) is 2.35. The molecule has 0 saturated heterocycles. The fraction of sp³-hybridized carbons (Fsp3) is 0.364. The number of halogens is 2. The summed E-state index contributed by atoms with van der Waals surface area (Å²) in [7, 11) is -4.02. The van der Waals surface area contributed by atoms with Crippen LogP contribution in [0, 0.1) is 0 Å². The Balaban J connectivity index is 2.75. The van der Waals surface area contributed by atoms with Gasteiger partial charge in [0, 0.05) is 6.54 Å². The summed E-state index contributed by atoms with van der Waals surface area (Å²) in [5, 5.41) is 17.4. The van der Waals surface area contributed by atoms with Crippen LogP contribution in [-0.2, 0) is 21.2 Å². The molecule has 1 rings (SSSR count). The number of hydrogen-bond donors (Lipinski definition) is 3. The van der Waals surface area contributed by atoms with Crippen LogP contribution in [0.25, 0.3) is 0 Å². The van der Waals surface area contributed by atoms with Crippen LogP contribution in [0.2, 0.25) is 0 Å². The van der Waals surface area contributed by atoms with E-state index in [0.717, 1.165) is 12.1 Å². The molecule has 0 radical (unpaired) electrons. The number of nitrogens with one attached hydrogen (secondary N) is 1. The van der Waals surface area contributed by atoms with E-state index >= 15 is 0 Å². The molecule has 0 fully saturated rings. The van der Waals surface area contributed by atoms with Gasteiger partial charge in [-0.1, -0.05) is 12.1 Å². The minimum absolute atomic E-state index is 0.201. The molecule has 0 heterocycles. The monoisotopic (exact) mass is 309 g/mol. The smallest absolute Gasteiger partial charge is 0.307 e. The molecule has 112 valence electrons. The quantitative estimate of drug-likeness (QED) is 0.668. The average molecular weight is 309 g/mol. The van der Waals surface area contributed by atoms with E-state index in [1.165, 1.54) is 12.1 Å². The second-order valence-corrected chi connectivity index (χ2v) is 5.74. The van der Waals surface area contributed by atoms with Crippen LogP contribution in [0.3, 0.4) is 0 Å². The molecule has 3 N–H and O–H groups in total. The maximum Gasteiger partial charge on any atom is 0.307 e. The molecule has 1 unspecified atom stereocenters. The number of aliphatic hydroxyl groups excluding tert-OH is 1. The standard InChI is InChI=1S/C11H13F2NO5S/c12-11(13)9(15)6-14-20(18,19)8-3-1-7(2-4-8)5-10(16)17/h1-4,9,11,14-15H,5-6H2,(H,16,17). The minimum atomic E-state index is -4.02. The lowest BCUT2D eigenvalue weighted by atomic mass is 10.2. The third kappa shape index (κ3) is 4.83. The molecule has 0 amide bonds. The highest BCUT2D eigenvalue weighted by atomic mass is 32.2. The molecule has 9 heteroatoms. The highest BCUT2D eigenvalue weighted by molar-refractivity contribution is 7.89. The summed E-state index contributed by atoms with van der Waals surface area (Å²) in [6.45, 7) is -0.809. The van der Waals surface area contributed by atoms with E-state index in [1.54, 1.807) is 0 Å². The van der Waals surface area contributed by atoms with Crippen LogP contribution >= 0.6 is 0 Å². The van der Waals surface area contributed by atoms with Gasteiger partial charge in [-0.05, 0) is 17.7 Å². The molecule has 0 aromatic heterocycles. The Labute approximate surface area is 114 Å². The van der Waals surface area contributed by atoms with E-state index in [1.807, 2.05) is 4.72 Å². The van der Waals surface area contributed by atoms with Crippen LogP contribution in [0.1, 0.15) is 5.56 Å². The van der Waals surface area contributed by atoms with Crippen molar-refractivity contribution in [2.45, 2.75) is 23.8 Å². The van der Waals surface area contributed by atoms with Gasteiger partial charge in [-0.2, -0.15) is 0 Å². The largest absolute Gasteiger partial charge is 0.481 e. The van der Waals surface area contributed by atoms with Gasteiger partial charge in [-0.3, -0.25) is 4.79 Å². The number of aliphatic carboxylic acids is 1. The fourth-order valence-electron chi connectivity index (χ4n) is 1.33. The van der Waals surface area contributed by atoms with Gasteiger partial charge in [0.15, 0.2) is 0 Å². The van der Waals surface area contributed by atoms with Crippen LogP contribution in [-0.4, -0.2) is 43.7 Å². The number of sulfonamides is 1. The third-order valence-corrected chi connectivity index (χ3v) is 3.80. The van der Waals surface area contributed by atoms with Crippen molar-refractivity contribution < 1.29 is 32.2 Å². The highest BCUT2D eigenvalue weighted by Crippen LogP contribution is 2.11. The minimum Gasteiger partial charge on any atom is -0.481 e. The zero-order chi connectivity index (χ0) is 15.3. The second-order valence-electron chi connectivity index (χ2n) is 3.97. The molecule has 20 heavy (non-hydrogen) atoms. The number of carboxylic acids is 1. The Hall–Kier alpha value is -1.58. The van der Waals surface area contributed by atoms with Crippen LogP contribution in [0.5, 0.6) is 0 Å². The molecular weight excluding hydrogens is 296 g/mol. The van der Waals surface area contributed by atoms with Crippen molar-refractivity contribution in [1.29, 1.82) is 0 Å². The van der Waals surface area contributed by atoms with Gasteiger partial charge in [-0.25, -0.2) is 21.9 Å².